The Morgan fingerprint density at radius 2 is 1.83 bits per heavy atom. The highest BCUT2D eigenvalue weighted by atomic mass is 16.5. The summed E-state index contributed by atoms with van der Waals surface area (Å²) in [5.74, 6) is 0.687. The quantitative estimate of drug-likeness (QED) is 0.708. The van der Waals surface area contributed by atoms with Gasteiger partial charge in [-0.15, -0.1) is 0 Å². The molecule has 4 nitrogen and oxygen atoms in total. The highest BCUT2D eigenvalue weighted by Gasteiger charge is 2.13. The summed E-state index contributed by atoms with van der Waals surface area (Å²) in [7, 11) is 1.60. The van der Waals surface area contributed by atoms with Gasteiger partial charge in [0.15, 0.2) is 0 Å². The fourth-order valence-electron chi connectivity index (χ4n) is 2.95. The molecule has 2 aromatic carbocycles. The predicted octanol–water partition coefficient (Wildman–Crippen LogP) is 2.41. The Balaban J connectivity index is 1.91. The van der Waals surface area contributed by atoms with E-state index < -0.39 is 0 Å². The van der Waals surface area contributed by atoms with E-state index >= 15 is 0 Å². The largest absolute Gasteiger partial charge is 0.497 e. The van der Waals surface area contributed by atoms with Crippen LogP contribution in [-0.4, -0.2) is 13.7 Å². The number of methoxy groups -OCH3 is 1. The van der Waals surface area contributed by atoms with E-state index in [0.29, 0.717) is 11.3 Å². The van der Waals surface area contributed by atoms with Crippen molar-refractivity contribution in [3.63, 3.8) is 0 Å². The molecule has 4 heteroatoms. The molecule has 0 aliphatic heterocycles. The Bertz CT molecular complexity index is 871. The average molecular weight is 324 g/mol. The van der Waals surface area contributed by atoms with Gasteiger partial charge in [-0.3, -0.25) is 0 Å². The van der Waals surface area contributed by atoms with E-state index in [9.17, 15) is 4.79 Å². The standard InChI is InChI=1S/C20H21NO3/c1-3-21(13-15-7-5-4-6-8-15)14-16-11-20(22)24-19-12-17(23-2)9-10-18(16)19/h4-12H,3,13-14H2,1-2H3/p+1. The number of hydrogen-bond donors (Lipinski definition) is 1. The van der Waals surface area contributed by atoms with E-state index in [1.54, 1.807) is 19.2 Å². The average Bonchev–Trinajstić information content (AvgIpc) is 2.61. The van der Waals surface area contributed by atoms with E-state index in [4.69, 9.17) is 9.15 Å². The molecule has 1 heterocycles. The summed E-state index contributed by atoms with van der Waals surface area (Å²) >= 11 is 0. The fourth-order valence-corrected chi connectivity index (χ4v) is 2.95. The van der Waals surface area contributed by atoms with Crippen molar-refractivity contribution in [2.24, 2.45) is 0 Å². The van der Waals surface area contributed by atoms with Gasteiger partial charge in [0.05, 0.1) is 13.7 Å². The third kappa shape index (κ3) is 3.66. The zero-order valence-electron chi connectivity index (χ0n) is 14.0. The second-order valence-electron chi connectivity index (χ2n) is 5.90. The molecule has 0 spiro atoms. The van der Waals surface area contributed by atoms with Gasteiger partial charge in [0.2, 0.25) is 0 Å². The molecule has 0 amide bonds. The van der Waals surface area contributed by atoms with E-state index in [1.807, 2.05) is 18.2 Å². The lowest BCUT2D eigenvalue weighted by molar-refractivity contribution is -0.925. The maximum absolute atomic E-state index is 11.9. The molecule has 1 N–H and O–H groups in total. The van der Waals surface area contributed by atoms with E-state index in [1.165, 1.54) is 10.5 Å². The monoisotopic (exact) mass is 324 g/mol. The second-order valence-corrected chi connectivity index (χ2v) is 5.90. The molecule has 124 valence electrons. The molecule has 24 heavy (non-hydrogen) atoms. The lowest BCUT2D eigenvalue weighted by Crippen LogP contribution is -3.09. The first-order chi connectivity index (χ1) is 11.7. The van der Waals surface area contributed by atoms with Crippen LogP contribution in [0.4, 0.5) is 0 Å². The predicted molar refractivity (Wildman–Crippen MR) is 94.4 cm³/mol. The number of nitrogens with one attached hydrogen (secondary N) is 1. The van der Waals surface area contributed by atoms with E-state index in [2.05, 4.69) is 31.2 Å². The molecule has 0 saturated heterocycles. The zero-order chi connectivity index (χ0) is 16.9. The van der Waals surface area contributed by atoms with Crippen LogP contribution in [0, 0.1) is 0 Å². The molecule has 3 aromatic rings. The van der Waals surface area contributed by atoms with Gasteiger partial charge in [-0.1, -0.05) is 30.3 Å². The minimum absolute atomic E-state index is 0.319. The van der Waals surface area contributed by atoms with Gasteiger partial charge in [0, 0.05) is 28.6 Å². The lowest BCUT2D eigenvalue weighted by atomic mass is 10.1. The van der Waals surface area contributed by atoms with Crippen LogP contribution >= 0.6 is 0 Å². The van der Waals surface area contributed by atoms with Gasteiger partial charge in [-0.05, 0) is 19.1 Å². The molecular formula is C20H22NO3+. The van der Waals surface area contributed by atoms with Crippen LogP contribution in [0.25, 0.3) is 11.0 Å². The van der Waals surface area contributed by atoms with Gasteiger partial charge >= 0.3 is 5.63 Å². The van der Waals surface area contributed by atoms with Crippen molar-refractivity contribution in [3.8, 4) is 5.75 Å². The summed E-state index contributed by atoms with van der Waals surface area (Å²) in [6, 6.07) is 17.6. The zero-order valence-corrected chi connectivity index (χ0v) is 14.0. The van der Waals surface area contributed by atoms with Crippen molar-refractivity contribution < 1.29 is 14.1 Å². The van der Waals surface area contributed by atoms with Crippen LogP contribution in [0.1, 0.15) is 18.1 Å². The molecule has 3 rings (SSSR count). The van der Waals surface area contributed by atoms with Crippen LogP contribution in [0.2, 0.25) is 0 Å². The van der Waals surface area contributed by atoms with Crippen molar-refractivity contribution >= 4 is 11.0 Å². The molecule has 1 aromatic heterocycles. The molecular weight excluding hydrogens is 302 g/mol. The van der Waals surface area contributed by atoms with Crippen LogP contribution < -0.4 is 15.3 Å². The van der Waals surface area contributed by atoms with Crippen molar-refractivity contribution in [1.82, 2.24) is 0 Å². The van der Waals surface area contributed by atoms with Gasteiger partial charge < -0.3 is 14.1 Å². The number of fused-ring (bicyclic) bond motifs is 1. The number of ether oxygens (including phenoxy) is 1. The molecule has 0 aliphatic rings. The highest BCUT2D eigenvalue weighted by Crippen LogP contribution is 2.22. The maximum atomic E-state index is 11.9. The smallest absolute Gasteiger partial charge is 0.336 e. The Hall–Kier alpha value is -2.59. The Kier molecular flexibility index (Phi) is 4.96. The maximum Gasteiger partial charge on any atom is 0.336 e. The molecule has 1 unspecified atom stereocenters. The Labute approximate surface area is 141 Å². The third-order valence-corrected chi connectivity index (χ3v) is 4.27. The van der Waals surface area contributed by atoms with Crippen molar-refractivity contribution in [2.45, 2.75) is 20.0 Å². The topological polar surface area (TPSA) is 43.9 Å². The SMILES string of the molecule is CC[NH+](Cc1ccccc1)Cc1cc(=O)oc2cc(OC)ccc12. The summed E-state index contributed by atoms with van der Waals surface area (Å²) < 4.78 is 10.5. The fraction of sp³-hybridized carbons (Fsp3) is 0.250. The van der Waals surface area contributed by atoms with Crippen molar-refractivity contribution in [1.29, 1.82) is 0 Å². The number of rotatable bonds is 6. The second kappa shape index (κ2) is 7.32. The van der Waals surface area contributed by atoms with Crippen LogP contribution in [-0.2, 0) is 13.1 Å². The first-order valence-electron chi connectivity index (χ1n) is 8.18. The van der Waals surface area contributed by atoms with Crippen LogP contribution in [0.15, 0.2) is 63.8 Å². The summed E-state index contributed by atoms with van der Waals surface area (Å²) in [5.41, 5.74) is 2.56. The van der Waals surface area contributed by atoms with Crippen molar-refractivity contribution in [3.05, 3.63) is 76.1 Å². The normalized spacial score (nSPS) is 12.2. The first kappa shape index (κ1) is 16.3. The minimum atomic E-state index is -0.319. The van der Waals surface area contributed by atoms with E-state index in [-0.39, 0.29) is 5.63 Å². The van der Waals surface area contributed by atoms with Gasteiger partial charge in [0.25, 0.3) is 0 Å². The Morgan fingerprint density at radius 1 is 1.04 bits per heavy atom. The molecule has 0 aliphatic carbocycles. The van der Waals surface area contributed by atoms with Crippen LogP contribution in [0.5, 0.6) is 5.75 Å². The van der Waals surface area contributed by atoms with Crippen molar-refractivity contribution in [2.75, 3.05) is 13.7 Å². The number of benzene rings is 2. The lowest BCUT2D eigenvalue weighted by Gasteiger charge is -2.18. The number of quaternary nitrogens is 1. The summed E-state index contributed by atoms with van der Waals surface area (Å²) in [5, 5.41) is 0.967. The number of hydrogen-bond acceptors (Lipinski definition) is 3. The van der Waals surface area contributed by atoms with E-state index in [0.717, 1.165) is 30.6 Å². The molecule has 0 saturated carbocycles. The molecule has 0 fully saturated rings. The van der Waals surface area contributed by atoms with Gasteiger partial charge in [-0.2, -0.15) is 0 Å². The third-order valence-electron chi connectivity index (χ3n) is 4.27. The summed E-state index contributed by atoms with van der Waals surface area (Å²) in [4.78, 5) is 13.3. The van der Waals surface area contributed by atoms with Crippen LogP contribution in [0.3, 0.4) is 0 Å². The molecule has 1 atom stereocenters. The Morgan fingerprint density at radius 3 is 2.54 bits per heavy atom. The summed E-state index contributed by atoms with van der Waals surface area (Å²) in [6.07, 6.45) is 0. The minimum Gasteiger partial charge on any atom is -0.497 e. The first-order valence-corrected chi connectivity index (χ1v) is 8.18. The molecule has 0 bridgehead atoms. The highest BCUT2D eigenvalue weighted by molar-refractivity contribution is 5.81. The van der Waals surface area contributed by atoms with Gasteiger partial charge in [0.1, 0.15) is 24.4 Å². The summed E-state index contributed by atoms with van der Waals surface area (Å²) in [6.45, 7) is 4.84. The molecule has 0 radical (unpaired) electrons. The van der Waals surface area contributed by atoms with Gasteiger partial charge in [-0.25, -0.2) is 4.79 Å².